The first-order valence-electron chi connectivity index (χ1n) is 4.29. The number of rotatable bonds is 2. The van der Waals surface area contributed by atoms with Gasteiger partial charge in [0.2, 0.25) is 5.91 Å². The van der Waals surface area contributed by atoms with E-state index in [4.69, 9.17) is 5.73 Å². The fraction of sp³-hybridized carbons (Fsp3) is 0.200. The van der Waals surface area contributed by atoms with Crippen molar-refractivity contribution in [2.45, 2.75) is 13.8 Å². The largest absolute Gasteiger partial charge is 0.396 e. The van der Waals surface area contributed by atoms with Crippen LogP contribution in [0.25, 0.3) is 0 Å². The highest BCUT2D eigenvalue weighted by Crippen LogP contribution is 2.30. The van der Waals surface area contributed by atoms with Crippen molar-refractivity contribution < 1.29 is 9.59 Å². The van der Waals surface area contributed by atoms with Crippen molar-refractivity contribution >= 4 is 46.4 Å². The van der Waals surface area contributed by atoms with Crippen molar-refractivity contribution in [2.75, 3.05) is 8.85 Å². The van der Waals surface area contributed by atoms with Crippen LogP contribution in [-0.4, -0.2) is 12.2 Å². The third-order valence-electron chi connectivity index (χ3n) is 2.09. The summed E-state index contributed by atoms with van der Waals surface area (Å²) in [4.78, 5) is 22.0. The van der Waals surface area contributed by atoms with Gasteiger partial charge in [0.15, 0.2) is 6.29 Å². The van der Waals surface area contributed by atoms with E-state index >= 15 is 0 Å². The molecular formula is C10H11IN2O2. The third kappa shape index (κ3) is 2.28. The van der Waals surface area contributed by atoms with Crippen LogP contribution in [0, 0.1) is 6.92 Å². The van der Waals surface area contributed by atoms with Crippen molar-refractivity contribution in [2.24, 2.45) is 0 Å². The first-order valence-corrected chi connectivity index (χ1v) is 5.26. The van der Waals surface area contributed by atoms with Crippen LogP contribution in [0.2, 0.25) is 0 Å². The Morgan fingerprint density at radius 3 is 2.60 bits per heavy atom. The molecule has 0 heterocycles. The molecule has 2 N–H and O–H groups in total. The first kappa shape index (κ1) is 12.0. The summed E-state index contributed by atoms with van der Waals surface area (Å²) in [6, 6.07) is 3.50. The molecule has 0 aliphatic carbocycles. The lowest BCUT2D eigenvalue weighted by atomic mass is 10.1. The van der Waals surface area contributed by atoms with Gasteiger partial charge in [-0.1, -0.05) is 6.07 Å². The number of halogens is 1. The molecule has 80 valence electrons. The maximum atomic E-state index is 11.2. The molecule has 0 saturated carbocycles. The molecular weight excluding hydrogens is 307 g/mol. The zero-order valence-electron chi connectivity index (χ0n) is 8.45. The van der Waals surface area contributed by atoms with Gasteiger partial charge >= 0.3 is 0 Å². The number of hydrogen-bond acceptors (Lipinski definition) is 3. The molecule has 5 heteroatoms. The van der Waals surface area contributed by atoms with Crippen LogP contribution in [-0.2, 0) is 4.79 Å². The van der Waals surface area contributed by atoms with Gasteiger partial charge in [-0.25, -0.2) is 0 Å². The summed E-state index contributed by atoms with van der Waals surface area (Å²) in [7, 11) is 0. The summed E-state index contributed by atoms with van der Waals surface area (Å²) < 4.78 is 1.39. The van der Waals surface area contributed by atoms with E-state index in [2.05, 4.69) is 0 Å². The average Bonchev–Trinajstić information content (AvgIpc) is 2.17. The van der Waals surface area contributed by atoms with Gasteiger partial charge in [0.1, 0.15) is 0 Å². The molecule has 1 aromatic carbocycles. The lowest BCUT2D eigenvalue weighted by molar-refractivity contribution is -0.115. The SMILES string of the molecule is CC(=O)N(I)c1ccc(C)c(C=O)c1N. The van der Waals surface area contributed by atoms with E-state index in [-0.39, 0.29) is 5.91 Å². The zero-order chi connectivity index (χ0) is 11.6. The molecule has 1 aromatic rings. The molecule has 0 aliphatic rings. The van der Waals surface area contributed by atoms with E-state index in [1.54, 1.807) is 19.1 Å². The molecule has 0 aromatic heterocycles. The number of nitrogens with zero attached hydrogens (tertiary/aromatic N) is 1. The monoisotopic (exact) mass is 318 g/mol. The molecule has 1 amide bonds. The van der Waals surface area contributed by atoms with Crippen LogP contribution in [0.15, 0.2) is 12.1 Å². The predicted octanol–water partition coefficient (Wildman–Crippen LogP) is 2.09. The average molecular weight is 318 g/mol. The number of amides is 1. The highest BCUT2D eigenvalue weighted by molar-refractivity contribution is 14.1. The Labute approximate surface area is 102 Å². The smallest absolute Gasteiger partial charge is 0.232 e. The number of aldehydes is 1. The van der Waals surface area contributed by atoms with Gasteiger partial charge in [-0.2, -0.15) is 0 Å². The number of benzene rings is 1. The van der Waals surface area contributed by atoms with Gasteiger partial charge in [0, 0.05) is 12.5 Å². The summed E-state index contributed by atoms with van der Waals surface area (Å²) in [5.41, 5.74) is 7.94. The number of carbonyl (C=O) groups excluding carboxylic acids is 2. The van der Waals surface area contributed by atoms with Crippen molar-refractivity contribution in [3.63, 3.8) is 0 Å². The molecule has 15 heavy (non-hydrogen) atoms. The Bertz CT molecular complexity index is 418. The first-order chi connectivity index (χ1) is 6.99. The Morgan fingerprint density at radius 1 is 1.53 bits per heavy atom. The topological polar surface area (TPSA) is 63.4 Å². The molecule has 0 spiro atoms. The van der Waals surface area contributed by atoms with E-state index in [0.29, 0.717) is 23.2 Å². The zero-order valence-corrected chi connectivity index (χ0v) is 10.6. The van der Waals surface area contributed by atoms with Crippen molar-refractivity contribution in [1.82, 2.24) is 0 Å². The molecule has 4 nitrogen and oxygen atoms in total. The second-order valence-corrected chi connectivity index (χ2v) is 4.11. The highest BCUT2D eigenvalue weighted by Gasteiger charge is 2.14. The third-order valence-corrected chi connectivity index (χ3v) is 3.29. The molecule has 0 radical (unpaired) electrons. The fourth-order valence-corrected chi connectivity index (χ4v) is 1.65. The highest BCUT2D eigenvalue weighted by atomic mass is 127. The minimum atomic E-state index is -0.136. The van der Waals surface area contributed by atoms with E-state index < -0.39 is 0 Å². The van der Waals surface area contributed by atoms with Crippen LogP contribution >= 0.6 is 22.9 Å². The summed E-state index contributed by atoms with van der Waals surface area (Å²) >= 11 is 1.86. The van der Waals surface area contributed by atoms with E-state index in [9.17, 15) is 9.59 Å². The van der Waals surface area contributed by atoms with Crippen LogP contribution < -0.4 is 8.85 Å². The molecule has 0 aliphatic heterocycles. The second-order valence-electron chi connectivity index (χ2n) is 3.15. The predicted molar refractivity (Wildman–Crippen MR) is 68.2 cm³/mol. The number of nitrogens with two attached hydrogens (primary N) is 1. The summed E-state index contributed by atoms with van der Waals surface area (Å²) in [5, 5.41) is 0. The number of hydrogen-bond donors (Lipinski definition) is 1. The lowest BCUT2D eigenvalue weighted by Crippen LogP contribution is -2.17. The lowest BCUT2D eigenvalue weighted by Gasteiger charge is -2.16. The standard InChI is InChI=1S/C10H11IN2O2/c1-6-3-4-9(13(11)7(2)15)10(12)8(6)5-14/h3-5H,12H2,1-2H3. The molecule has 0 unspecified atom stereocenters. The number of nitrogen functional groups attached to an aromatic ring is 1. The van der Waals surface area contributed by atoms with Gasteiger partial charge in [0.05, 0.1) is 34.2 Å². The maximum absolute atomic E-state index is 11.2. The van der Waals surface area contributed by atoms with Crippen LogP contribution in [0.3, 0.4) is 0 Å². The minimum absolute atomic E-state index is 0.136. The van der Waals surface area contributed by atoms with Gasteiger partial charge in [-0.05, 0) is 18.6 Å². The molecule has 0 bridgehead atoms. The van der Waals surface area contributed by atoms with Gasteiger partial charge in [-0.3, -0.25) is 12.7 Å². The molecule has 1 rings (SSSR count). The fourth-order valence-electron chi connectivity index (χ4n) is 1.23. The van der Waals surface area contributed by atoms with Gasteiger partial charge in [0.25, 0.3) is 0 Å². The number of aryl methyl sites for hydroxylation is 1. The quantitative estimate of drug-likeness (QED) is 0.393. The van der Waals surface area contributed by atoms with Crippen molar-refractivity contribution in [3.8, 4) is 0 Å². The van der Waals surface area contributed by atoms with E-state index in [0.717, 1.165) is 5.56 Å². The van der Waals surface area contributed by atoms with Gasteiger partial charge in [-0.15, -0.1) is 0 Å². The van der Waals surface area contributed by atoms with Crippen molar-refractivity contribution in [3.05, 3.63) is 23.3 Å². The van der Waals surface area contributed by atoms with E-state index in [1.807, 2.05) is 22.9 Å². The van der Waals surface area contributed by atoms with Crippen LogP contribution in [0.4, 0.5) is 11.4 Å². The minimum Gasteiger partial charge on any atom is -0.396 e. The summed E-state index contributed by atoms with van der Waals surface area (Å²) in [5.74, 6) is -0.136. The van der Waals surface area contributed by atoms with Crippen LogP contribution in [0.1, 0.15) is 22.8 Å². The Hall–Kier alpha value is -1.11. The molecule has 0 atom stereocenters. The normalized spacial score (nSPS) is 9.80. The van der Waals surface area contributed by atoms with E-state index in [1.165, 1.54) is 10.0 Å². The van der Waals surface area contributed by atoms with Crippen LogP contribution in [0.5, 0.6) is 0 Å². The number of carbonyl (C=O) groups is 2. The number of anilines is 2. The Kier molecular flexibility index (Phi) is 3.67. The van der Waals surface area contributed by atoms with Crippen molar-refractivity contribution in [1.29, 1.82) is 0 Å². The van der Waals surface area contributed by atoms with Gasteiger partial charge < -0.3 is 5.73 Å². The second kappa shape index (κ2) is 4.61. The summed E-state index contributed by atoms with van der Waals surface area (Å²) in [6.07, 6.45) is 0.707. The molecule has 0 fully saturated rings. The Morgan fingerprint density at radius 2 is 2.13 bits per heavy atom. The Balaban J connectivity index is 3.33. The summed E-state index contributed by atoms with van der Waals surface area (Å²) in [6.45, 7) is 3.24. The molecule has 0 saturated heterocycles. The maximum Gasteiger partial charge on any atom is 0.232 e.